The number of carbonyl (C=O) groups is 2. The molecule has 0 aromatic carbocycles. The number of hydrogen-bond acceptors (Lipinski definition) is 3. The van der Waals surface area contributed by atoms with Crippen LogP contribution in [0.5, 0.6) is 0 Å². The third-order valence-corrected chi connectivity index (χ3v) is 2.61. The molecule has 0 atom stereocenters. The average Bonchev–Trinajstić information content (AvgIpc) is 1.79. The number of rotatable bonds is 0. The summed E-state index contributed by atoms with van der Waals surface area (Å²) >= 11 is 11.4. The van der Waals surface area contributed by atoms with Gasteiger partial charge in [0.05, 0.1) is 6.42 Å². The van der Waals surface area contributed by atoms with E-state index in [1.807, 2.05) is 0 Å². The first-order chi connectivity index (χ1) is 4.02. The normalized spacial score (nSPS) is 25.1. The molecule has 0 N–H and O–H groups in total. The Bertz CT molecular complexity index is 177. The van der Waals surface area contributed by atoms with Gasteiger partial charge in [-0.05, 0) is 11.8 Å². The minimum absolute atomic E-state index is 0.0698. The Labute approximate surface area is 65.9 Å². The maximum atomic E-state index is 10.6. The molecular weight excluding hydrogens is 183 g/mol. The van der Waals surface area contributed by atoms with E-state index in [1.54, 1.807) is 0 Å². The fraction of sp³-hybridized carbons (Fsp3) is 0.500. The summed E-state index contributed by atoms with van der Waals surface area (Å²) in [6, 6.07) is 0. The first kappa shape index (κ1) is 7.38. The minimum atomic E-state index is -1.46. The zero-order valence-corrected chi connectivity index (χ0v) is 6.52. The van der Waals surface area contributed by atoms with Gasteiger partial charge < -0.3 is 0 Å². The maximum Gasteiger partial charge on any atom is 0.232 e. The molecule has 1 heterocycles. The van der Waals surface area contributed by atoms with Gasteiger partial charge in [-0.25, -0.2) is 0 Å². The monoisotopic (exact) mass is 184 g/mol. The third-order valence-electron chi connectivity index (χ3n) is 0.872. The summed E-state index contributed by atoms with van der Waals surface area (Å²) in [4.78, 5) is 21.0. The van der Waals surface area contributed by atoms with Crippen molar-refractivity contribution in [3.05, 3.63) is 0 Å². The molecule has 0 saturated carbocycles. The average molecular weight is 185 g/mol. The molecule has 9 heavy (non-hydrogen) atoms. The van der Waals surface area contributed by atoms with Gasteiger partial charge in [-0.1, -0.05) is 23.2 Å². The molecule has 1 rings (SSSR count). The van der Waals surface area contributed by atoms with Gasteiger partial charge in [0.1, 0.15) is 0 Å². The molecule has 0 aromatic heterocycles. The van der Waals surface area contributed by atoms with Crippen LogP contribution in [0, 0.1) is 0 Å². The van der Waals surface area contributed by atoms with Crippen LogP contribution < -0.4 is 0 Å². The highest BCUT2D eigenvalue weighted by molar-refractivity contribution is 8.27. The Kier molecular flexibility index (Phi) is 1.76. The SMILES string of the molecule is O=C1CC(Cl)(Cl)C(=O)S1. The van der Waals surface area contributed by atoms with Crippen molar-refractivity contribution in [3.63, 3.8) is 0 Å². The fourth-order valence-corrected chi connectivity index (χ4v) is 1.82. The van der Waals surface area contributed by atoms with E-state index >= 15 is 0 Å². The van der Waals surface area contributed by atoms with Crippen molar-refractivity contribution in [2.24, 2.45) is 0 Å². The quantitative estimate of drug-likeness (QED) is 0.534. The van der Waals surface area contributed by atoms with E-state index in [4.69, 9.17) is 23.2 Å². The van der Waals surface area contributed by atoms with Crippen molar-refractivity contribution < 1.29 is 9.59 Å². The molecule has 2 nitrogen and oxygen atoms in total. The molecule has 0 aromatic rings. The van der Waals surface area contributed by atoms with Crippen LogP contribution in [0.4, 0.5) is 0 Å². The van der Waals surface area contributed by atoms with Crippen molar-refractivity contribution in [3.8, 4) is 0 Å². The number of carbonyl (C=O) groups excluding carboxylic acids is 2. The van der Waals surface area contributed by atoms with Crippen LogP contribution in [0.3, 0.4) is 0 Å². The van der Waals surface area contributed by atoms with Crippen molar-refractivity contribution in [2.75, 3.05) is 0 Å². The molecule has 1 aliphatic heterocycles. The predicted octanol–water partition coefficient (Wildman–Crippen LogP) is 1.35. The van der Waals surface area contributed by atoms with Crippen LogP contribution in [0.1, 0.15) is 6.42 Å². The summed E-state index contributed by atoms with van der Waals surface area (Å²) in [7, 11) is 0. The summed E-state index contributed by atoms with van der Waals surface area (Å²) in [6.07, 6.45) is -0.0698. The van der Waals surface area contributed by atoms with Crippen molar-refractivity contribution in [1.82, 2.24) is 0 Å². The largest absolute Gasteiger partial charge is 0.287 e. The van der Waals surface area contributed by atoms with Gasteiger partial charge in [0.25, 0.3) is 0 Å². The van der Waals surface area contributed by atoms with Gasteiger partial charge in [-0.2, -0.15) is 0 Å². The molecular formula is C4H2Cl2O2S. The fourth-order valence-electron chi connectivity index (χ4n) is 0.468. The molecule has 1 saturated heterocycles. The lowest BCUT2D eigenvalue weighted by Crippen LogP contribution is -2.16. The standard InChI is InChI=1S/C4H2Cl2O2S/c5-4(6)1-2(7)9-3(4)8/h1H2. The lowest BCUT2D eigenvalue weighted by Gasteiger charge is -2.02. The van der Waals surface area contributed by atoms with E-state index in [2.05, 4.69) is 0 Å². The molecule has 0 bridgehead atoms. The highest BCUT2D eigenvalue weighted by Crippen LogP contribution is 2.39. The van der Waals surface area contributed by atoms with Gasteiger partial charge in [0, 0.05) is 0 Å². The molecule has 5 heteroatoms. The second-order valence-corrected chi connectivity index (χ2v) is 4.16. The lowest BCUT2D eigenvalue weighted by molar-refractivity contribution is -0.112. The van der Waals surface area contributed by atoms with E-state index in [9.17, 15) is 9.59 Å². The van der Waals surface area contributed by atoms with Gasteiger partial charge >= 0.3 is 0 Å². The van der Waals surface area contributed by atoms with Crippen LogP contribution in [0.15, 0.2) is 0 Å². The number of hydrogen-bond donors (Lipinski definition) is 0. The Morgan fingerprint density at radius 1 is 1.44 bits per heavy atom. The van der Waals surface area contributed by atoms with Crippen LogP contribution in [-0.2, 0) is 9.59 Å². The zero-order valence-electron chi connectivity index (χ0n) is 4.19. The topological polar surface area (TPSA) is 34.1 Å². The molecule has 1 fully saturated rings. The lowest BCUT2D eigenvalue weighted by atomic mass is 10.3. The zero-order chi connectivity index (χ0) is 7.07. The Morgan fingerprint density at radius 2 is 2.00 bits per heavy atom. The van der Waals surface area contributed by atoms with E-state index in [0.717, 1.165) is 0 Å². The van der Waals surface area contributed by atoms with E-state index in [1.165, 1.54) is 0 Å². The second-order valence-electron chi connectivity index (χ2n) is 1.64. The van der Waals surface area contributed by atoms with E-state index < -0.39 is 9.45 Å². The van der Waals surface area contributed by atoms with E-state index in [-0.39, 0.29) is 11.5 Å². The van der Waals surface area contributed by atoms with Crippen LogP contribution in [0.2, 0.25) is 0 Å². The number of alkyl halides is 2. The first-order valence-corrected chi connectivity index (χ1v) is 3.72. The van der Waals surface area contributed by atoms with Crippen molar-refractivity contribution in [2.45, 2.75) is 10.8 Å². The molecule has 0 aliphatic carbocycles. The second kappa shape index (κ2) is 2.15. The van der Waals surface area contributed by atoms with Gasteiger partial charge in [0.2, 0.25) is 5.12 Å². The van der Waals surface area contributed by atoms with Crippen LogP contribution in [0.25, 0.3) is 0 Å². The van der Waals surface area contributed by atoms with E-state index in [0.29, 0.717) is 11.8 Å². The van der Waals surface area contributed by atoms with Gasteiger partial charge in [0.15, 0.2) is 9.45 Å². The Morgan fingerprint density at radius 3 is 2.11 bits per heavy atom. The van der Waals surface area contributed by atoms with Crippen LogP contribution >= 0.6 is 35.0 Å². The highest BCUT2D eigenvalue weighted by Gasteiger charge is 2.44. The summed E-state index contributed by atoms with van der Waals surface area (Å²) in [5.41, 5.74) is 0. The molecule has 0 amide bonds. The third kappa shape index (κ3) is 1.39. The molecule has 50 valence electrons. The molecule has 1 aliphatic rings. The maximum absolute atomic E-state index is 10.6. The molecule has 0 unspecified atom stereocenters. The highest BCUT2D eigenvalue weighted by atomic mass is 35.5. The predicted molar refractivity (Wildman–Crippen MR) is 36.7 cm³/mol. The van der Waals surface area contributed by atoms with Crippen molar-refractivity contribution in [1.29, 1.82) is 0 Å². The Balaban J connectivity index is 2.81. The number of halogens is 2. The smallest absolute Gasteiger partial charge is 0.232 e. The summed E-state index contributed by atoms with van der Waals surface area (Å²) in [5, 5.41) is -0.721. The summed E-state index contributed by atoms with van der Waals surface area (Å²) in [6.45, 7) is 0. The summed E-state index contributed by atoms with van der Waals surface area (Å²) < 4.78 is -1.46. The first-order valence-electron chi connectivity index (χ1n) is 2.15. The molecule has 0 spiro atoms. The van der Waals surface area contributed by atoms with Gasteiger partial charge in [-0.3, -0.25) is 9.59 Å². The van der Waals surface area contributed by atoms with Crippen LogP contribution in [-0.4, -0.2) is 14.6 Å². The van der Waals surface area contributed by atoms with Crippen molar-refractivity contribution >= 4 is 45.2 Å². The Hall–Kier alpha value is 0.270. The van der Waals surface area contributed by atoms with Gasteiger partial charge in [-0.15, -0.1) is 0 Å². The number of thioether (sulfide) groups is 1. The minimum Gasteiger partial charge on any atom is -0.287 e. The summed E-state index contributed by atoms with van der Waals surface area (Å²) in [5.74, 6) is 0. The molecule has 0 radical (unpaired) electrons.